The third-order valence-electron chi connectivity index (χ3n) is 2.51. The molecule has 1 aliphatic rings. The zero-order valence-corrected chi connectivity index (χ0v) is 11.2. The van der Waals surface area contributed by atoms with Crippen molar-refractivity contribution in [2.75, 3.05) is 11.1 Å². The smallest absolute Gasteiger partial charge is 0.271 e. The molecule has 0 fully saturated rings. The van der Waals surface area contributed by atoms with Crippen LogP contribution in [0.1, 0.15) is 12.8 Å². The summed E-state index contributed by atoms with van der Waals surface area (Å²) in [6.07, 6.45) is 0.502. The highest BCUT2D eigenvalue weighted by molar-refractivity contribution is 6.45. The topological polar surface area (TPSA) is 96.6 Å². The normalized spacial score (nSPS) is 14.6. The number of hydrogen-bond donors (Lipinski definition) is 3. The van der Waals surface area contributed by atoms with Gasteiger partial charge in [0.2, 0.25) is 5.91 Å². The Bertz CT molecular complexity index is 586. The monoisotopic (exact) mass is 300 g/mol. The average Bonchev–Trinajstić information content (AvgIpc) is 2.36. The number of nitrogens with one attached hydrogen (secondary N) is 2. The molecule has 0 atom stereocenters. The van der Waals surface area contributed by atoms with Gasteiger partial charge < -0.3 is 11.1 Å². The van der Waals surface area contributed by atoms with Gasteiger partial charge in [0.25, 0.3) is 5.91 Å². The van der Waals surface area contributed by atoms with Crippen molar-refractivity contribution in [1.82, 2.24) is 5.43 Å². The Balaban J connectivity index is 2.15. The standard InChI is InChI=1S/C11H10Cl2N4O2/c12-5-3-7(14)9(4-6(5)13)15-11(19)8-1-2-10(18)17-16-8/h3-4H,1-2,14H2,(H,15,19)(H,17,18). The summed E-state index contributed by atoms with van der Waals surface area (Å²) in [6, 6.07) is 2.91. The van der Waals surface area contributed by atoms with Crippen molar-refractivity contribution >= 4 is 52.1 Å². The highest BCUT2D eigenvalue weighted by Crippen LogP contribution is 2.30. The van der Waals surface area contributed by atoms with E-state index >= 15 is 0 Å². The molecule has 0 aromatic heterocycles. The summed E-state index contributed by atoms with van der Waals surface area (Å²) in [7, 11) is 0. The molecule has 6 nitrogen and oxygen atoms in total. The lowest BCUT2D eigenvalue weighted by Crippen LogP contribution is -2.32. The second-order valence-corrected chi connectivity index (χ2v) is 4.72. The van der Waals surface area contributed by atoms with E-state index in [2.05, 4.69) is 15.8 Å². The molecule has 0 radical (unpaired) electrons. The Kier molecular flexibility index (Phi) is 3.92. The number of nitrogen functional groups attached to an aromatic ring is 1. The van der Waals surface area contributed by atoms with E-state index in [0.717, 1.165) is 0 Å². The summed E-state index contributed by atoms with van der Waals surface area (Å²) in [4.78, 5) is 22.8. The quantitative estimate of drug-likeness (QED) is 0.726. The van der Waals surface area contributed by atoms with Crippen molar-refractivity contribution in [2.45, 2.75) is 12.8 Å². The van der Waals surface area contributed by atoms with E-state index < -0.39 is 5.91 Å². The van der Waals surface area contributed by atoms with Crippen LogP contribution in [0.4, 0.5) is 11.4 Å². The number of benzene rings is 1. The lowest BCUT2D eigenvalue weighted by molar-refractivity contribution is -0.121. The van der Waals surface area contributed by atoms with Crippen LogP contribution in [0.5, 0.6) is 0 Å². The Hall–Kier alpha value is -1.79. The zero-order valence-electron chi connectivity index (χ0n) is 9.67. The molecule has 0 unspecified atom stereocenters. The number of nitrogens with zero attached hydrogens (tertiary/aromatic N) is 1. The Morgan fingerprint density at radius 1 is 1.32 bits per heavy atom. The number of amides is 2. The minimum atomic E-state index is -0.440. The van der Waals surface area contributed by atoms with Crippen LogP contribution in [-0.4, -0.2) is 17.5 Å². The molecule has 0 aliphatic carbocycles. The fourth-order valence-electron chi connectivity index (χ4n) is 1.50. The number of carbonyl (C=O) groups excluding carboxylic acids is 2. The third kappa shape index (κ3) is 3.15. The van der Waals surface area contributed by atoms with E-state index in [0.29, 0.717) is 16.4 Å². The van der Waals surface area contributed by atoms with Gasteiger partial charge >= 0.3 is 0 Å². The summed E-state index contributed by atoms with van der Waals surface area (Å²) in [5.74, 6) is -0.657. The van der Waals surface area contributed by atoms with Crippen LogP contribution in [0.3, 0.4) is 0 Å². The van der Waals surface area contributed by atoms with Crippen LogP contribution < -0.4 is 16.5 Å². The zero-order chi connectivity index (χ0) is 14.0. The van der Waals surface area contributed by atoms with Gasteiger partial charge in [0.05, 0.1) is 21.4 Å². The first-order valence-corrected chi connectivity index (χ1v) is 6.14. The lowest BCUT2D eigenvalue weighted by atomic mass is 10.1. The second kappa shape index (κ2) is 5.46. The van der Waals surface area contributed by atoms with E-state index in [1.165, 1.54) is 12.1 Å². The molecule has 1 aromatic rings. The largest absolute Gasteiger partial charge is 0.397 e. The molecule has 1 aliphatic heterocycles. The summed E-state index contributed by atoms with van der Waals surface area (Å²) in [5, 5.41) is 6.84. The van der Waals surface area contributed by atoms with Gasteiger partial charge in [-0.3, -0.25) is 9.59 Å². The van der Waals surface area contributed by atoms with Crippen molar-refractivity contribution < 1.29 is 9.59 Å². The van der Waals surface area contributed by atoms with Gasteiger partial charge in [-0.05, 0) is 12.1 Å². The van der Waals surface area contributed by atoms with Crippen LogP contribution >= 0.6 is 23.2 Å². The number of rotatable bonds is 2. The summed E-state index contributed by atoms with van der Waals surface area (Å²) in [5.41, 5.74) is 8.83. The molecule has 2 amide bonds. The minimum absolute atomic E-state index is 0.217. The van der Waals surface area contributed by atoms with Gasteiger partial charge in [0, 0.05) is 12.8 Å². The average molecular weight is 301 g/mol. The molecule has 0 saturated carbocycles. The molecule has 100 valence electrons. The van der Waals surface area contributed by atoms with Gasteiger partial charge in [-0.2, -0.15) is 5.10 Å². The molecule has 1 heterocycles. The summed E-state index contributed by atoms with van der Waals surface area (Å²) >= 11 is 11.6. The summed E-state index contributed by atoms with van der Waals surface area (Å²) in [6.45, 7) is 0. The predicted molar refractivity (Wildman–Crippen MR) is 74.3 cm³/mol. The highest BCUT2D eigenvalue weighted by Gasteiger charge is 2.19. The maximum atomic E-state index is 11.9. The molecule has 0 spiro atoms. The predicted octanol–water partition coefficient (Wildman–Crippen LogP) is 1.78. The van der Waals surface area contributed by atoms with E-state index in [1.807, 2.05) is 0 Å². The number of halogens is 2. The second-order valence-electron chi connectivity index (χ2n) is 3.90. The van der Waals surface area contributed by atoms with Crippen molar-refractivity contribution in [2.24, 2.45) is 5.10 Å². The molecule has 0 bridgehead atoms. The van der Waals surface area contributed by atoms with Crippen LogP contribution in [0.25, 0.3) is 0 Å². The van der Waals surface area contributed by atoms with Gasteiger partial charge in [-0.1, -0.05) is 23.2 Å². The van der Waals surface area contributed by atoms with E-state index in [-0.39, 0.29) is 29.5 Å². The van der Waals surface area contributed by atoms with Gasteiger partial charge in [-0.25, -0.2) is 5.43 Å². The van der Waals surface area contributed by atoms with Crippen LogP contribution in [0.15, 0.2) is 17.2 Å². The minimum Gasteiger partial charge on any atom is -0.397 e. The molecular weight excluding hydrogens is 291 g/mol. The molecule has 19 heavy (non-hydrogen) atoms. The molecule has 0 saturated heterocycles. The SMILES string of the molecule is Nc1cc(Cl)c(Cl)cc1NC(=O)C1=NNC(=O)CC1. The first-order chi connectivity index (χ1) is 8.97. The fraction of sp³-hybridized carbons (Fsp3) is 0.182. The number of hydrazone groups is 1. The first-order valence-electron chi connectivity index (χ1n) is 5.38. The number of nitrogens with two attached hydrogens (primary N) is 1. The van der Waals surface area contributed by atoms with Crippen molar-refractivity contribution in [3.63, 3.8) is 0 Å². The van der Waals surface area contributed by atoms with Crippen LogP contribution in [-0.2, 0) is 9.59 Å². The van der Waals surface area contributed by atoms with Crippen LogP contribution in [0.2, 0.25) is 10.0 Å². The maximum Gasteiger partial charge on any atom is 0.271 e. The molecule has 1 aromatic carbocycles. The van der Waals surface area contributed by atoms with Crippen molar-refractivity contribution in [1.29, 1.82) is 0 Å². The number of carbonyl (C=O) groups is 2. The first kappa shape index (κ1) is 13.6. The number of anilines is 2. The third-order valence-corrected chi connectivity index (χ3v) is 3.23. The van der Waals surface area contributed by atoms with E-state index in [1.54, 1.807) is 0 Å². The van der Waals surface area contributed by atoms with Crippen LogP contribution in [0, 0.1) is 0 Å². The van der Waals surface area contributed by atoms with Gasteiger partial charge in [0.15, 0.2) is 0 Å². The number of hydrogen-bond acceptors (Lipinski definition) is 4. The van der Waals surface area contributed by atoms with Gasteiger partial charge in [-0.15, -0.1) is 0 Å². The molecule has 8 heteroatoms. The Morgan fingerprint density at radius 2 is 2.00 bits per heavy atom. The molecule has 4 N–H and O–H groups in total. The maximum absolute atomic E-state index is 11.9. The Labute approximate surface area is 118 Å². The molecule has 2 rings (SSSR count). The molecular formula is C11H10Cl2N4O2. The van der Waals surface area contributed by atoms with Crippen molar-refractivity contribution in [3.8, 4) is 0 Å². The van der Waals surface area contributed by atoms with E-state index in [9.17, 15) is 9.59 Å². The lowest BCUT2D eigenvalue weighted by Gasteiger charge is -2.13. The highest BCUT2D eigenvalue weighted by atomic mass is 35.5. The van der Waals surface area contributed by atoms with E-state index in [4.69, 9.17) is 28.9 Å². The summed E-state index contributed by atoms with van der Waals surface area (Å²) < 4.78 is 0. The Morgan fingerprint density at radius 3 is 2.63 bits per heavy atom. The van der Waals surface area contributed by atoms with Crippen molar-refractivity contribution in [3.05, 3.63) is 22.2 Å². The van der Waals surface area contributed by atoms with Gasteiger partial charge in [0.1, 0.15) is 5.71 Å². The fourth-order valence-corrected chi connectivity index (χ4v) is 1.84.